The number of hydrogen-bond acceptors (Lipinski definition) is 4. The molecule has 102 valence electrons. The number of Topliss-reactive ketones (excluding diaryl/α,β-unsaturated/α-hetero) is 1. The van der Waals surface area contributed by atoms with E-state index in [1.165, 1.54) is 0 Å². The third-order valence-electron chi connectivity index (χ3n) is 3.51. The highest BCUT2D eigenvalue weighted by molar-refractivity contribution is 6.00. The largest absolute Gasteiger partial charge is 0.490 e. The fourth-order valence-electron chi connectivity index (χ4n) is 2.22. The van der Waals surface area contributed by atoms with Crippen molar-refractivity contribution in [3.63, 3.8) is 0 Å². The number of ketones is 1. The van der Waals surface area contributed by atoms with E-state index in [2.05, 4.69) is 4.90 Å². The van der Waals surface area contributed by atoms with Crippen LogP contribution in [-0.2, 0) is 4.74 Å². The van der Waals surface area contributed by atoms with E-state index in [1.54, 1.807) is 0 Å². The Morgan fingerprint density at radius 1 is 1.42 bits per heavy atom. The Labute approximate surface area is 113 Å². The molecule has 1 atom stereocenters. The molecule has 1 heterocycles. The number of ether oxygens (including phenoxy) is 2. The molecule has 0 radical (unpaired) electrons. The van der Waals surface area contributed by atoms with Crippen molar-refractivity contribution in [2.24, 2.45) is 0 Å². The minimum atomic E-state index is -0.352. The molecule has 1 aliphatic carbocycles. The highest BCUT2D eigenvalue weighted by Crippen LogP contribution is 2.27. The van der Waals surface area contributed by atoms with Crippen molar-refractivity contribution in [2.45, 2.75) is 25.0 Å². The third-order valence-corrected chi connectivity index (χ3v) is 3.51. The van der Waals surface area contributed by atoms with Gasteiger partial charge in [-0.1, -0.05) is 12.1 Å². The zero-order valence-corrected chi connectivity index (χ0v) is 11.2. The molecule has 0 aromatic heterocycles. The van der Waals surface area contributed by atoms with Crippen LogP contribution in [0.15, 0.2) is 24.3 Å². The van der Waals surface area contributed by atoms with E-state index in [1.807, 2.05) is 31.3 Å². The minimum absolute atomic E-state index is 0.0489. The summed E-state index contributed by atoms with van der Waals surface area (Å²) in [6.45, 7) is 2.16. The minimum Gasteiger partial charge on any atom is -0.490 e. The van der Waals surface area contributed by atoms with Crippen molar-refractivity contribution in [2.75, 3.05) is 26.7 Å². The van der Waals surface area contributed by atoms with Gasteiger partial charge in [0, 0.05) is 18.7 Å². The van der Waals surface area contributed by atoms with Crippen LogP contribution in [0.25, 0.3) is 0 Å². The fraction of sp³-hybridized carbons (Fsp3) is 0.533. The van der Waals surface area contributed by atoms with Crippen molar-refractivity contribution in [1.29, 1.82) is 0 Å². The average Bonchev–Trinajstić information content (AvgIpc) is 3.22. The number of carbonyl (C=O) groups is 1. The summed E-state index contributed by atoms with van der Waals surface area (Å²) >= 11 is 0. The maximum absolute atomic E-state index is 12.4. The lowest BCUT2D eigenvalue weighted by Gasteiger charge is -2.29. The summed E-state index contributed by atoms with van der Waals surface area (Å²) in [4.78, 5) is 14.5. The van der Waals surface area contributed by atoms with Gasteiger partial charge in [0.25, 0.3) is 0 Å². The Morgan fingerprint density at radius 3 is 3.00 bits per heavy atom. The van der Waals surface area contributed by atoms with E-state index in [9.17, 15) is 4.79 Å². The van der Waals surface area contributed by atoms with Crippen LogP contribution < -0.4 is 4.74 Å². The summed E-state index contributed by atoms with van der Waals surface area (Å²) in [6.07, 6.45) is 2.24. The SMILES string of the molecule is CN1CCOC(C(=O)c2cccc(OC3CC3)c2)C1. The van der Waals surface area contributed by atoms with Gasteiger partial charge in [0.2, 0.25) is 0 Å². The summed E-state index contributed by atoms with van der Waals surface area (Å²) in [5.74, 6) is 0.838. The lowest BCUT2D eigenvalue weighted by Crippen LogP contribution is -2.44. The third kappa shape index (κ3) is 3.14. The van der Waals surface area contributed by atoms with Crippen molar-refractivity contribution in [3.05, 3.63) is 29.8 Å². The van der Waals surface area contributed by atoms with Gasteiger partial charge in [0.1, 0.15) is 11.9 Å². The Bertz CT molecular complexity index is 470. The normalized spacial score (nSPS) is 24.2. The molecule has 2 aliphatic rings. The molecule has 4 heteroatoms. The lowest BCUT2D eigenvalue weighted by atomic mass is 10.0. The van der Waals surface area contributed by atoms with Gasteiger partial charge in [-0.3, -0.25) is 4.79 Å². The van der Waals surface area contributed by atoms with Crippen molar-refractivity contribution >= 4 is 5.78 Å². The summed E-state index contributed by atoms with van der Waals surface area (Å²) < 4.78 is 11.3. The molecular formula is C15H19NO3. The van der Waals surface area contributed by atoms with E-state index in [0.29, 0.717) is 24.8 Å². The quantitative estimate of drug-likeness (QED) is 0.774. The highest BCUT2D eigenvalue weighted by atomic mass is 16.5. The van der Waals surface area contributed by atoms with Gasteiger partial charge in [0.15, 0.2) is 5.78 Å². The van der Waals surface area contributed by atoms with Crippen LogP contribution in [0, 0.1) is 0 Å². The van der Waals surface area contributed by atoms with Gasteiger partial charge in [-0.25, -0.2) is 0 Å². The first-order valence-corrected chi connectivity index (χ1v) is 6.83. The average molecular weight is 261 g/mol. The van der Waals surface area contributed by atoms with E-state index < -0.39 is 0 Å². The smallest absolute Gasteiger partial charge is 0.193 e. The van der Waals surface area contributed by atoms with Gasteiger partial charge in [-0.05, 0) is 32.0 Å². The van der Waals surface area contributed by atoms with E-state index in [4.69, 9.17) is 9.47 Å². The molecule has 19 heavy (non-hydrogen) atoms. The molecule has 2 fully saturated rings. The predicted molar refractivity (Wildman–Crippen MR) is 71.7 cm³/mol. The summed E-state index contributed by atoms with van der Waals surface area (Å²) in [7, 11) is 2.01. The molecule has 1 aromatic carbocycles. The number of likely N-dealkylation sites (N-methyl/N-ethyl adjacent to an activating group) is 1. The number of rotatable bonds is 4. The van der Waals surface area contributed by atoms with Crippen LogP contribution in [0.1, 0.15) is 23.2 Å². The summed E-state index contributed by atoms with van der Waals surface area (Å²) in [5.41, 5.74) is 0.679. The van der Waals surface area contributed by atoms with Crippen LogP contribution in [0.3, 0.4) is 0 Å². The number of morpholine rings is 1. The summed E-state index contributed by atoms with van der Waals surface area (Å²) in [5, 5.41) is 0. The second kappa shape index (κ2) is 5.31. The first-order valence-electron chi connectivity index (χ1n) is 6.83. The monoisotopic (exact) mass is 261 g/mol. The molecule has 1 aromatic rings. The maximum atomic E-state index is 12.4. The second-order valence-corrected chi connectivity index (χ2v) is 5.33. The van der Waals surface area contributed by atoms with Gasteiger partial charge in [-0.2, -0.15) is 0 Å². The molecule has 0 spiro atoms. The Hall–Kier alpha value is -1.39. The molecule has 4 nitrogen and oxygen atoms in total. The first kappa shape index (κ1) is 12.6. The highest BCUT2D eigenvalue weighted by Gasteiger charge is 2.27. The van der Waals surface area contributed by atoms with Crippen LogP contribution in [-0.4, -0.2) is 49.6 Å². The van der Waals surface area contributed by atoms with Crippen LogP contribution >= 0.6 is 0 Å². The molecule has 1 saturated carbocycles. The van der Waals surface area contributed by atoms with Gasteiger partial charge >= 0.3 is 0 Å². The van der Waals surface area contributed by atoms with E-state index in [-0.39, 0.29) is 11.9 Å². The van der Waals surface area contributed by atoms with Crippen LogP contribution in [0.2, 0.25) is 0 Å². The Kier molecular flexibility index (Phi) is 3.53. The molecule has 1 saturated heterocycles. The topological polar surface area (TPSA) is 38.8 Å². The molecular weight excluding hydrogens is 242 g/mol. The standard InChI is InChI=1S/C15H19NO3/c1-16-7-8-18-14(10-16)15(17)11-3-2-4-13(9-11)19-12-5-6-12/h2-4,9,12,14H,5-8,10H2,1H3. The molecule has 0 N–H and O–H groups in total. The fourth-order valence-corrected chi connectivity index (χ4v) is 2.22. The Morgan fingerprint density at radius 2 is 2.26 bits per heavy atom. The number of nitrogens with zero attached hydrogens (tertiary/aromatic N) is 1. The number of hydrogen-bond donors (Lipinski definition) is 0. The maximum Gasteiger partial charge on any atom is 0.193 e. The predicted octanol–water partition coefficient (Wildman–Crippen LogP) is 1.74. The molecule has 1 unspecified atom stereocenters. The summed E-state index contributed by atoms with van der Waals surface area (Å²) in [6, 6.07) is 7.44. The number of carbonyl (C=O) groups excluding carboxylic acids is 1. The van der Waals surface area contributed by atoms with Crippen molar-refractivity contribution in [1.82, 2.24) is 4.90 Å². The van der Waals surface area contributed by atoms with Crippen LogP contribution in [0.4, 0.5) is 0 Å². The van der Waals surface area contributed by atoms with Crippen molar-refractivity contribution in [3.8, 4) is 5.75 Å². The number of benzene rings is 1. The zero-order chi connectivity index (χ0) is 13.2. The zero-order valence-electron chi connectivity index (χ0n) is 11.2. The first-order chi connectivity index (χ1) is 9.22. The van der Waals surface area contributed by atoms with Gasteiger partial charge in [-0.15, -0.1) is 0 Å². The lowest BCUT2D eigenvalue weighted by molar-refractivity contribution is -0.00863. The van der Waals surface area contributed by atoms with Crippen LogP contribution in [0.5, 0.6) is 5.75 Å². The molecule has 0 amide bonds. The Balaban J connectivity index is 1.71. The second-order valence-electron chi connectivity index (χ2n) is 5.33. The van der Waals surface area contributed by atoms with Gasteiger partial charge < -0.3 is 14.4 Å². The van der Waals surface area contributed by atoms with E-state index in [0.717, 1.165) is 25.1 Å². The molecule has 0 bridgehead atoms. The van der Waals surface area contributed by atoms with Gasteiger partial charge in [0.05, 0.1) is 12.7 Å². The molecule has 3 rings (SSSR count). The van der Waals surface area contributed by atoms with Crippen molar-refractivity contribution < 1.29 is 14.3 Å². The molecule has 1 aliphatic heterocycles. The van der Waals surface area contributed by atoms with E-state index >= 15 is 0 Å².